The minimum absolute atomic E-state index is 0.0977. The van der Waals surface area contributed by atoms with Gasteiger partial charge >= 0.3 is 0 Å². The van der Waals surface area contributed by atoms with E-state index in [1.807, 2.05) is 79.6 Å². The molecule has 0 bridgehead atoms. The third kappa shape index (κ3) is 4.42. The minimum Gasteiger partial charge on any atom is -0.337 e. The van der Waals surface area contributed by atoms with E-state index in [1.54, 1.807) is 12.4 Å². The highest BCUT2D eigenvalue weighted by Gasteiger charge is 2.22. The van der Waals surface area contributed by atoms with Gasteiger partial charge in [0.25, 0.3) is 0 Å². The summed E-state index contributed by atoms with van der Waals surface area (Å²) >= 11 is 1.41. The molecule has 2 aromatic heterocycles. The molecule has 28 heavy (non-hydrogen) atoms. The Bertz CT molecular complexity index is 901. The number of nitrogens with zero attached hydrogens (tertiary/aromatic N) is 5. The molecule has 2 heterocycles. The third-order valence-corrected chi connectivity index (χ3v) is 5.21. The van der Waals surface area contributed by atoms with Crippen molar-refractivity contribution in [1.82, 2.24) is 24.6 Å². The molecule has 3 aromatic rings. The predicted molar refractivity (Wildman–Crippen MR) is 112 cm³/mol. The van der Waals surface area contributed by atoms with Crippen molar-refractivity contribution < 1.29 is 4.79 Å². The number of carbonyl (C=O) groups excluding carboxylic acids is 1. The maximum Gasteiger partial charge on any atom is 0.233 e. The normalized spacial score (nSPS) is 11.2. The Balaban J connectivity index is 1.92. The molecule has 7 heteroatoms. The van der Waals surface area contributed by atoms with E-state index in [-0.39, 0.29) is 18.0 Å². The van der Waals surface area contributed by atoms with Gasteiger partial charge in [-0.1, -0.05) is 30.0 Å². The smallest absolute Gasteiger partial charge is 0.233 e. The fourth-order valence-electron chi connectivity index (χ4n) is 3.23. The Morgan fingerprint density at radius 2 is 1.75 bits per heavy atom. The molecule has 0 radical (unpaired) electrons. The number of hydrogen-bond acceptors (Lipinski definition) is 5. The van der Waals surface area contributed by atoms with E-state index in [0.717, 1.165) is 11.3 Å². The largest absolute Gasteiger partial charge is 0.337 e. The van der Waals surface area contributed by atoms with Crippen LogP contribution in [-0.2, 0) is 4.79 Å². The number of benzene rings is 1. The van der Waals surface area contributed by atoms with Crippen LogP contribution in [0.4, 0.5) is 0 Å². The summed E-state index contributed by atoms with van der Waals surface area (Å²) in [5, 5.41) is 9.44. The zero-order valence-corrected chi connectivity index (χ0v) is 17.4. The summed E-state index contributed by atoms with van der Waals surface area (Å²) in [5.41, 5.74) is 1.83. The third-order valence-electron chi connectivity index (χ3n) is 4.29. The van der Waals surface area contributed by atoms with E-state index >= 15 is 0 Å². The number of amides is 1. The highest BCUT2D eigenvalue weighted by molar-refractivity contribution is 7.99. The van der Waals surface area contributed by atoms with Crippen LogP contribution < -0.4 is 0 Å². The van der Waals surface area contributed by atoms with Gasteiger partial charge < -0.3 is 4.90 Å². The van der Waals surface area contributed by atoms with Crippen LogP contribution in [-0.4, -0.2) is 48.4 Å². The van der Waals surface area contributed by atoms with Crippen LogP contribution in [0, 0.1) is 0 Å². The second kappa shape index (κ2) is 9.01. The first-order valence-corrected chi connectivity index (χ1v) is 10.3. The summed E-state index contributed by atoms with van der Waals surface area (Å²) in [6.07, 6.45) is 3.50. The average molecular weight is 396 g/mol. The molecule has 0 N–H and O–H groups in total. The van der Waals surface area contributed by atoms with Crippen molar-refractivity contribution in [3.05, 3.63) is 54.9 Å². The number of rotatable bonds is 7. The van der Waals surface area contributed by atoms with Crippen molar-refractivity contribution >= 4 is 17.7 Å². The molecule has 6 nitrogen and oxygen atoms in total. The topological polar surface area (TPSA) is 63.9 Å². The van der Waals surface area contributed by atoms with E-state index in [4.69, 9.17) is 0 Å². The molecule has 0 aliphatic carbocycles. The Hall–Kier alpha value is -2.67. The van der Waals surface area contributed by atoms with Gasteiger partial charge in [-0.2, -0.15) is 0 Å². The van der Waals surface area contributed by atoms with Crippen molar-refractivity contribution in [2.45, 2.75) is 44.9 Å². The fourth-order valence-corrected chi connectivity index (χ4v) is 4.05. The second-order valence-corrected chi connectivity index (χ2v) is 7.94. The lowest BCUT2D eigenvalue weighted by molar-refractivity contribution is -0.131. The van der Waals surface area contributed by atoms with Crippen molar-refractivity contribution in [3.8, 4) is 17.1 Å². The standard InChI is InChI=1S/C21H25N5OS/c1-15(2)25(16(3)4)19(27)14-28-21-24-23-20(17-9-8-12-22-13-17)26(21)18-10-6-5-7-11-18/h5-13,15-16H,14H2,1-4H3. The van der Waals surface area contributed by atoms with Crippen LogP contribution in [0.3, 0.4) is 0 Å². The zero-order chi connectivity index (χ0) is 20.1. The molecule has 0 aliphatic heterocycles. The Morgan fingerprint density at radius 3 is 2.36 bits per heavy atom. The molecule has 0 unspecified atom stereocenters. The lowest BCUT2D eigenvalue weighted by Gasteiger charge is -2.30. The van der Waals surface area contributed by atoms with E-state index in [2.05, 4.69) is 15.2 Å². The first kappa shape index (κ1) is 20.1. The summed E-state index contributed by atoms with van der Waals surface area (Å²) in [4.78, 5) is 18.9. The molecular formula is C21H25N5OS. The molecule has 0 atom stereocenters. The van der Waals surface area contributed by atoms with Gasteiger partial charge in [0.15, 0.2) is 11.0 Å². The molecule has 0 aliphatic rings. The van der Waals surface area contributed by atoms with Crippen molar-refractivity contribution in [2.75, 3.05) is 5.75 Å². The van der Waals surface area contributed by atoms with E-state index in [1.165, 1.54) is 11.8 Å². The quantitative estimate of drug-likeness (QED) is 0.564. The van der Waals surface area contributed by atoms with Gasteiger partial charge in [0.2, 0.25) is 5.91 Å². The molecule has 146 valence electrons. The van der Waals surface area contributed by atoms with Gasteiger partial charge in [0.1, 0.15) is 0 Å². The lowest BCUT2D eigenvalue weighted by atomic mass is 10.2. The molecular weight excluding hydrogens is 370 g/mol. The highest BCUT2D eigenvalue weighted by atomic mass is 32.2. The van der Waals surface area contributed by atoms with Crippen LogP contribution in [0.5, 0.6) is 0 Å². The Kier molecular flexibility index (Phi) is 6.46. The van der Waals surface area contributed by atoms with Crippen LogP contribution in [0.2, 0.25) is 0 Å². The maximum atomic E-state index is 12.8. The number of aromatic nitrogens is 4. The monoisotopic (exact) mass is 395 g/mol. The van der Waals surface area contributed by atoms with Crippen molar-refractivity contribution in [2.24, 2.45) is 0 Å². The highest BCUT2D eigenvalue weighted by Crippen LogP contribution is 2.28. The summed E-state index contributed by atoms with van der Waals surface area (Å²) < 4.78 is 1.98. The Morgan fingerprint density at radius 1 is 1.04 bits per heavy atom. The molecule has 1 aromatic carbocycles. The number of hydrogen-bond donors (Lipinski definition) is 0. The summed E-state index contributed by atoms with van der Waals surface area (Å²) in [7, 11) is 0. The summed E-state index contributed by atoms with van der Waals surface area (Å²) in [6.45, 7) is 8.15. The van der Waals surface area contributed by atoms with Gasteiger partial charge in [-0.05, 0) is 52.0 Å². The van der Waals surface area contributed by atoms with E-state index in [0.29, 0.717) is 16.7 Å². The van der Waals surface area contributed by atoms with Gasteiger partial charge in [0.05, 0.1) is 5.75 Å². The first-order valence-electron chi connectivity index (χ1n) is 9.34. The fraction of sp³-hybridized carbons (Fsp3) is 0.333. The van der Waals surface area contributed by atoms with Crippen LogP contribution in [0.1, 0.15) is 27.7 Å². The molecule has 0 saturated heterocycles. The van der Waals surface area contributed by atoms with Crippen molar-refractivity contribution in [1.29, 1.82) is 0 Å². The maximum absolute atomic E-state index is 12.8. The molecule has 0 saturated carbocycles. The molecule has 3 rings (SSSR count). The van der Waals surface area contributed by atoms with Crippen molar-refractivity contribution in [3.63, 3.8) is 0 Å². The van der Waals surface area contributed by atoms with Gasteiger partial charge in [-0.15, -0.1) is 10.2 Å². The molecule has 1 amide bonds. The number of pyridine rings is 1. The van der Waals surface area contributed by atoms with Gasteiger partial charge in [0, 0.05) is 35.7 Å². The predicted octanol–water partition coefficient (Wildman–Crippen LogP) is 4.07. The first-order chi connectivity index (χ1) is 13.5. The average Bonchev–Trinajstić information content (AvgIpc) is 3.11. The van der Waals surface area contributed by atoms with Crippen LogP contribution >= 0.6 is 11.8 Å². The van der Waals surface area contributed by atoms with Gasteiger partial charge in [-0.3, -0.25) is 14.3 Å². The van der Waals surface area contributed by atoms with E-state index < -0.39 is 0 Å². The second-order valence-electron chi connectivity index (χ2n) is 7.00. The van der Waals surface area contributed by atoms with Crippen LogP contribution in [0.25, 0.3) is 17.1 Å². The minimum atomic E-state index is 0.0977. The number of thioether (sulfide) groups is 1. The summed E-state index contributed by atoms with van der Waals surface area (Å²) in [5.74, 6) is 1.12. The summed E-state index contributed by atoms with van der Waals surface area (Å²) in [6, 6.07) is 14.1. The SMILES string of the molecule is CC(C)N(C(=O)CSc1nnc(-c2cccnc2)n1-c1ccccc1)C(C)C. The molecule has 0 spiro atoms. The van der Waals surface area contributed by atoms with Gasteiger partial charge in [-0.25, -0.2) is 0 Å². The van der Waals surface area contributed by atoms with E-state index in [9.17, 15) is 4.79 Å². The number of carbonyl (C=O) groups is 1. The number of para-hydroxylation sites is 1. The van der Waals surface area contributed by atoms with Crippen LogP contribution in [0.15, 0.2) is 60.0 Å². The Labute approximate surface area is 170 Å². The zero-order valence-electron chi connectivity index (χ0n) is 16.6. The lowest BCUT2D eigenvalue weighted by Crippen LogP contribution is -2.43. The molecule has 0 fully saturated rings.